The van der Waals surface area contributed by atoms with Gasteiger partial charge < -0.3 is 20.5 Å². The summed E-state index contributed by atoms with van der Waals surface area (Å²) < 4.78 is 4.95. The predicted molar refractivity (Wildman–Crippen MR) is 67.1 cm³/mol. The maximum atomic E-state index is 10.4. The van der Waals surface area contributed by atoms with Crippen LogP contribution in [0.2, 0.25) is 5.15 Å². The average Bonchev–Trinajstić information content (AvgIpc) is 2.36. The second kappa shape index (κ2) is 7.35. The van der Waals surface area contributed by atoms with Crippen LogP contribution in [0.5, 0.6) is 0 Å². The molecule has 1 rings (SSSR count). The van der Waals surface area contributed by atoms with Crippen LogP contribution in [0.15, 0.2) is 6.20 Å². The van der Waals surface area contributed by atoms with Gasteiger partial charge in [-0.25, -0.2) is 14.8 Å². The minimum Gasteiger partial charge on any atom is -0.465 e. The summed E-state index contributed by atoms with van der Waals surface area (Å²) in [7, 11) is 1.49. The van der Waals surface area contributed by atoms with E-state index in [9.17, 15) is 4.79 Å². The zero-order valence-electron chi connectivity index (χ0n) is 10.1. The molecule has 1 aromatic rings. The summed E-state index contributed by atoms with van der Waals surface area (Å²) in [6.07, 6.45) is 0.209. The normalized spacial score (nSPS) is 11.4. The number of hydrogen-bond donors (Lipinski definition) is 3. The number of nitrogens with zero attached hydrogens (tertiary/aromatic N) is 3. The zero-order valence-corrected chi connectivity index (χ0v) is 10.8. The van der Waals surface area contributed by atoms with E-state index < -0.39 is 6.09 Å². The van der Waals surface area contributed by atoms with E-state index in [1.165, 1.54) is 13.3 Å². The molecule has 19 heavy (non-hydrogen) atoms. The second-order valence-corrected chi connectivity index (χ2v) is 3.85. The van der Waals surface area contributed by atoms with Crippen molar-refractivity contribution < 1.29 is 14.6 Å². The molecule has 0 radical (unpaired) electrons. The van der Waals surface area contributed by atoms with Crippen LogP contribution in [-0.2, 0) is 4.74 Å². The van der Waals surface area contributed by atoms with Crippen molar-refractivity contribution in [3.05, 3.63) is 17.0 Å². The van der Waals surface area contributed by atoms with Crippen LogP contribution in [0.1, 0.15) is 5.69 Å². The molecule has 1 unspecified atom stereocenters. The van der Waals surface area contributed by atoms with Gasteiger partial charge in [0, 0.05) is 13.7 Å². The number of methoxy groups -OCH3 is 1. The van der Waals surface area contributed by atoms with E-state index in [4.69, 9.17) is 26.7 Å². The van der Waals surface area contributed by atoms with Crippen molar-refractivity contribution in [2.45, 2.75) is 6.04 Å². The Hall–Kier alpha value is -2.11. The Morgan fingerprint density at radius 2 is 2.47 bits per heavy atom. The van der Waals surface area contributed by atoms with Crippen molar-refractivity contribution >= 4 is 23.5 Å². The predicted octanol–water partition coefficient (Wildman–Crippen LogP) is 0.696. The van der Waals surface area contributed by atoms with Crippen molar-refractivity contribution in [1.82, 2.24) is 15.3 Å². The summed E-state index contributed by atoms with van der Waals surface area (Å²) in [6, 6.07) is 1.46. The third-order valence-corrected chi connectivity index (χ3v) is 2.32. The van der Waals surface area contributed by atoms with E-state index >= 15 is 0 Å². The molecule has 9 heteroatoms. The Bertz CT molecular complexity index is 491. The monoisotopic (exact) mass is 285 g/mol. The number of carbonyl (C=O) groups is 1. The molecule has 0 fully saturated rings. The molecule has 1 amide bonds. The molecule has 1 atom stereocenters. The van der Waals surface area contributed by atoms with Crippen molar-refractivity contribution in [2.24, 2.45) is 0 Å². The summed E-state index contributed by atoms with van der Waals surface area (Å²) in [5, 5.41) is 22.3. The Morgan fingerprint density at radius 3 is 3.00 bits per heavy atom. The van der Waals surface area contributed by atoms with Crippen LogP contribution >= 0.6 is 11.6 Å². The highest BCUT2D eigenvalue weighted by Crippen LogP contribution is 2.13. The summed E-state index contributed by atoms with van der Waals surface area (Å²) >= 11 is 5.74. The third kappa shape index (κ3) is 4.95. The summed E-state index contributed by atoms with van der Waals surface area (Å²) in [6.45, 7) is 0.391. The lowest BCUT2D eigenvalue weighted by molar-refractivity contribution is 0.176. The molecule has 0 saturated heterocycles. The van der Waals surface area contributed by atoms with Crippen molar-refractivity contribution in [3.8, 4) is 6.07 Å². The Balaban J connectivity index is 2.70. The van der Waals surface area contributed by atoms with Crippen molar-refractivity contribution in [3.63, 3.8) is 0 Å². The molecule has 0 spiro atoms. The van der Waals surface area contributed by atoms with Gasteiger partial charge in [0.1, 0.15) is 11.9 Å². The molecule has 0 aliphatic rings. The molecule has 1 heterocycles. The van der Waals surface area contributed by atoms with Crippen LogP contribution in [-0.4, -0.2) is 47.5 Å². The topological polar surface area (TPSA) is 120 Å². The number of rotatable bonds is 6. The number of amides is 1. The largest absolute Gasteiger partial charge is 0.465 e. The van der Waals surface area contributed by atoms with E-state index in [1.54, 1.807) is 6.07 Å². The number of hydrogen-bond acceptors (Lipinski definition) is 6. The number of carboxylic acid groups (broad SMARTS) is 1. The number of anilines is 1. The van der Waals surface area contributed by atoms with Gasteiger partial charge in [0.25, 0.3) is 0 Å². The fourth-order valence-electron chi connectivity index (χ4n) is 1.28. The number of nitrogens with one attached hydrogen (secondary N) is 2. The first-order valence-corrected chi connectivity index (χ1v) is 5.59. The van der Waals surface area contributed by atoms with Crippen LogP contribution < -0.4 is 10.6 Å². The van der Waals surface area contributed by atoms with E-state index in [2.05, 4.69) is 20.6 Å². The van der Waals surface area contributed by atoms with Gasteiger partial charge in [-0.2, -0.15) is 5.26 Å². The molecule has 0 bridgehead atoms. The highest BCUT2D eigenvalue weighted by atomic mass is 35.5. The first-order chi connectivity index (χ1) is 9.06. The fraction of sp³-hybridized carbons (Fsp3) is 0.400. The average molecular weight is 286 g/mol. The Labute approximate surface area is 114 Å². The first kappa shape index (κ1) is 14.9. The van der Waals surface area contributed by atoms with Gasteiger partial charge in [0.2, 0.25) is 0 Å². The zero-order chi connectivity index (χ0) is 14.3. The lowest BCUT2D eigenvalue weighted by Crippen LogP contribution is -2.38. The van der Waals surface area contributed by atoms with Crippen LogP contribution in [0, 0.1) is 11.3 Å². The van der Waals surface area contributed by atoms with Gasteiger partial charge in [-0.05, 0) is 0 Å². The van der Waals surface area contributed by atoms with Gasteiger partial charge >= 0.3 is 6.09 Å². The van der Waals surface area contributed by atoms with Crippen molar-refractivity contribution in [2.75, 3.05) is 25.6 Å². The third-order valence-electron chi connectivity index (χ3n) is 2.06. The van der Waals surface area contributed by atoms with E-state index in [0.717, 1.165) is 0 Å². The first-order valence-electron chi connectivity index (χ1n) is 5.21. The van der Waals surface area contributed by atoms with E-state index in [1.807, 2.05) is 0 Å². The highest BCUT2D eigenvalue weighted by molar-refractivity contribution is 6.30. The maximum Gasteiger partial charge on any atom is 0.404 e. The molecule has 0 aliphatic heterocycles. The van der Waals surface area contributed by atoms with Crippen molar-refractivity contribution in [1.29, 1.82) is 5.26 Å². The molecular weight excluding hydrogens is 274 g/mol. The number of aromatic nitrogens is 2. The molecule has 3 N–H and O–H groups in total. The molecule has 102 valence electrons. The Kier molecular flexibility index (Phi) is 5.78. The van der Waals surface area contributed by atoms with Crippen LogP contribution in [0.25, 0.3) is 0 Å². The summed E-state index contributed by atoms with van der Waals surface area (Å²) in [5.74, 6) is 0.332. The lowest BCUT2D eigenvalue weighted by Gasteiger charge is -2.18. The van der Waals surface area contributed by atoms with Gasteiger partial charge in [-0.15, -0.1) is 0 Å². The maximum absolute atomic E-state index is 10.4. The fourth-order valence-corrected chi connectivity index (χ4v) is 1.47. The minimum atomic E-state index is -1.13. The molecular formula is C10H12ClN5O3. The Morgan fingerprint density at radius 1 is 1.74 bits per heavy atom. The SMILES string of the molecule is COCC(CNC(=O)O)Nc1cnc(C#N)c(Cl)n1. The molecule has 8 nitrogen and oxygen atoms in total. The molecule has 0 aromatic carbocycles. The summed E-state index contributed by atoms with van der Waals surface area (Å²) in [5.41, 5.74) is 0.0270. The van der Waals surface area contributed by atoms with Gasteiger partial charge in [0.05, 0.1) is 18.8 Å². The number of halogens is 1. The minimum absolute atomic E-state index is 0.0186. The van der Waals surface area contributed by atoms with Crippen LogP contribution in [0.4, 0.5) is 10.6 Å². The second-order valence-electron chi connectivity index (χ2n) is 3.49. The van der Waals surface area contributed by atoms with Gasteiger partial charge in [-0.1, -0.05) is 11.6 Å². The standard InChI is InChI=1S/C10H12ClN5O3/c1-19-5-6(3-14-10(17)18)15-8-4-13-7(2-12)9(11)16-8/h4,6,14H,3,5H2,1H3,(H,15,16)(H,17,18). The van der Waals surface area contributed by atoms with Gasteiger partial charge in [0.15, 0.2) is 10.8 Å². The van der Waals surface area contributed by atoms with E-state index in [-0.39, 0.29) is 30.0 Å². The molecule has 0 saturated carbocycles. The highest BCUT2D eigenvalue weighted by Gasteiger charge is 2.12. The van der Waals surface area contributed by atoms with E-state index in [0.29, 0.717) is 5.82 Å². The molecule has 0 aliphatic carbocycles. The summed E-state index contributed by atoms with van der Waals surface area (Å²) in [4.78, 5) is 18.2. The number of ether oxygens (including phenoxy) is 1. The smallest absolute Gasteiger partial charge is 0.404 e. The van der Waals surface area contributed by atoms with Crippen LogP contribution in [0.3, 0.4) is 0 Å². The number of nitriles is 1. The molecule has 1 aromatic heterocycles. The lowest BCUT2D eigenvalue weighted by atomic mass is 10.3. The van der Waals surface area contributed by atoms with Gasteiger partial charge in [-0.3, -0.25) is 0 Å². The quantitative estimate of drug-likeness (QED) is 0.703.